The molecule has 0 aromatic rings. The van der Waals surface area contributed by atoms with Gasteiger partial charge < -0.3 is 15.9 Å². The Morgan fingerprint density at radius 3 is 2.62 bits per heavy atom. The highest BCUT2D eigenvalue weighted by atomic mass is 16.3. The van der Waals surface area contributed by atoms with E-state index in [9.17, 15) is 5.11 Å². The summed E-state index contributed by atoms with van der Waals surface area (Å²) >= 11 is 0. The van der Waals surface area contributed by atoms with E-state index in [4.69, 9.17) is 10.8 Å². The van der Waals surface area contributed by atoms with E-state index >= 15 is 0 Å². The Kier molecular flexibility index (Phi) is 7.99. The largest absolute Gasteiger partial charge is 0.395 e. The zero-order valence-electron chi connectivity index (χ0n) is 8.32. The molecule has 13 heavy (non-hydrogen) atoms. The minimum absolute atomic E-state index is 0.180. The smallest absolute Gasteiger partial charge is 0.0894 e. The first-order valence-corrected chi connectivity index (χ1v) is 4.93. The van der Waals surface area contributed by atoms with Gasteiger partial charge in [0.05, 0.1) is 18.8 Å². The number of hydrogen-bond donors (Lipinski definition) is 3. The van der Waals surface area contributed by atoms with Crippen LogP contribution in [0.2, 0.25) is 0 Å². The Hall–Kier alpha value is -0.380. The summed E-state index contributed by atoms with van der Waals surface area (Å²) in [5.74, 6) is 0. The van der Waals surface area contributed by atoms with Crippen molar-refractivity contribution in [1.29, 1.82) is 0 Å². The third-order valence-electron chi connectivity index (χ3n) is 1.96. The zero-order valence-corrected chi connectivity index (χ0v) is 8.32. The van der Waals surface area contributed by atoms with Crippen molar-refractivity contribution in [3.05, 3.63) is 12.2 Å². The van der Waals surface area contributed by atoms with Crippen LogP contribution in [0.1, 0.15) is 32.6 Å². The summed E-state index contributed by atoms with van der Waals surface area (Å²) in [4.78, 5) is 0. The van der Waals surface area contributed by atoms with E-state index in [0.29, 0.717) is 0 Å². The summed E-state index contributed by atoms with van der Waals surface area (Å²) in [6, 6.07) is -0.553. The van der Waals surface area contributed by atoms with Crippen molar-refractivity contribution in [3.63, 3.8) is 0 Å². The standard InChI is InChI=1S/C10H21NO2/c1-2-3-4-5-6-7-10(13)9(11)8-12/h6-7,9-10,12-13H,2-5,8,11H2,1H3/b7-6+/t9-,10+/m0/s1. The van der Waals surface area contributed by atoms with Gasteiger partial charge in [-0.25, -0.2) is 0 Å². The lowest BCUT2D eigenvalue weighted by Gasteiger charge is -2.11. The maximum absolute atomic E-state index is 9.30. The Bertz CT molecular complexity index is 137. The fourth-order valence-corrected chi connectivity index (χ4v) is 0.999. The van der Waals surface area contributed by atoms with Crippen molar-refractivity contribution in [2.75, 3.05) is 6.61 Å². The lowest BCUT2D eigenvalue weighted by atomic mass is 10.1. The second kappa shape index (κ2) is 8.23. The fraction of sp³-hybridized carbons (Fsp3) is 0.800. The summed E-state index contributed by atoms with van der Waals surface area (Å²) in [5, 5.41) is 17.9. The molecule has 0 fully saturated rings. The fourth-order valence-electron chi connectivity index (χ4n) is 0.999. The van der Waals surface area contributed by atoms with Gasteiger partial charge in [-0.1, -0.05) is 31.9 Å². The van der Waals surface area contributed by atoms with E-state index in [-0.39, 0.29) is 6.61 Å². The second-order valence-electron chi connectivity index (χ2n) is 3.26. The summed E-state index contributed by atoms with van der Waals surface area (Å²) in [5.41, 5.74) is 5.41. The molecule has 3 nitrogen and oxygen atoms in total. The molecule has 2 atom stereocenters. The van der Waals surface area contributed by atoms with Crippen LogP contribution < -0.4 is 5.73 Å². The molecule has 4 N–H and O–H groups in total. The van der Waals surface area contributed by atoms with Crippen molar-refractivity contribution in [3.8, 4) is 0 Å². The van der Waals surface area contributed by atoms with Gasteiger partial charge in [-0.2, -0.15) is 0 Å². The molecule has 0 amide bonds. The van der Waals surface area contributed by atoms with Crippen LogP contribution in [-0.4, -0.2) is 29.0 Å². The lowest BCUT2D eigenvalue weighted by Crippen LogP contribution is -2.36. The first-order chi connectivity index (χ1) is 6.22. The maximum Gasteiger partial charge on any atom is 0.0894 e. The van der Waals surface area contributed by atoms with Crippen molar-refractivity contribution in [2.24, 2.45) is 5.73 Å². The maximum atomic E-state index is 9.30. The molecular weight excluding hydrogens is 166 g/mol. The minimum Gasteiger partial charge on any atom is -0.395 e. The molecule has 0 heterocycles. The van der Waals surface area contributed by atoms with E-state index in [1.165, 1.54) is 12.8 Å². The molecule has 0 aromatic carbocycles. The molecule has 0 aliphatic carbocycles. The van der Waals surface area contributed by atoms with Crippen LogP contribution in [-0.2, 0) is 0 Å². The Balaban J connectivity index is 3.47. The topological polar surface area (TPSA) is 66.5 Å². The van der Waals surface area contributed by atoms with Crippen molar-refractivity contribution in [1.82, 2.24) is 0 Å². The van der Waals surface area contributed by atoms with Gasteiger partial charge in [0.2, 0.25) is 0 Å². The Morgan fingerprint density at radius 2 is 2.08 bits per heavy atom. The quantitative estimate of drug-likeness (QED) is 0.408. The van der Waals surface area contributed by atoms with Crippen molar-refractivity contribution >= 4 is 0 Å². The van der Waals surface area contributed by atoms with Crippen molar-refractivity contribution < 1.29 is 10.2 Å². The highest BCUT2D eigenvalue weighted by molar-refractivity contribution is 4.93. The van der Waals surface area contributed by atoms with Crippen LogP contribution in [0.3, 0.4) is 0 Å². The third kappa shape index (κ3) is 6.75. The van der Waals surface area contributed by atoms with Gasteiger partial charge in [0.15, 0.2) is 0 Å². The Morgan fingerprint density at radius 1 is 1.38 bits per heavy atom. The van der Waals surface area contributed by atoms with Crippen LogP contribution in [0.5, 0.6) is 0 Å². The zero-order chi connectivity index (χ0) is 10.1. The normalized spacial score (nSPS) is 16.3. The number of nitrogens with two attached hydrogens (primary N) is 1. The first kappa shape index (κ1) is 12.6. The molecule has 0 rings (SSSR count). The summed E-state index contributed by atoms with van der Waals surface area (Å²) in [7, 11) is 0. The highest BCUT2D eigenvalue weighted by Crippen LogP contribution is 2.01. The monoisotopic (exact) mass is 187 g/mol. The van der Waals surface area contributed by atoms with Gasteiger partial charge in [0.25, 0.3) is 0 Å². The lowest BCUT2D eigenvalue weighted by molar-refractivity contribution is 0.144. The predicted octanol–water partition coefficient (Wildman–Crippen LogP) is 0.803. The third-order valence-corrected chi connectivity index (χ3v) is 1.96. The summed E-state index contributed by atoms with van der Waals surface area (Å²) < 4.78 is 0. The Labute approximate surface area is 80.3 Å². The number of allylic oxidation sites excluding steroid dienone is 1. The molecule has 3 heteroatoms. The molecule has 0 radical (unpaired) electrons. The van der Waals surface area contributed by atoms with Crippen LogP contribution in [0.15, 0.2) is 12.2 Å². The second-order valence-corrected chi connectivity index (χ2v) is 3.26. The summed E-state index contributed by atoms with van der Waals surface area (Å²) in [6.45, 7) is 1.97. The van der Waals surface area contributed by atoms with Crippen LogP contribution >= 0.6 is 0 Å². The van der Waals surface area contributed by atoms with Gasteiger partial charge in [0.1, 0.15) is 0 Å². The molecule has 0 bridgehead atoms. The average molecular weight is 187 g/mol. The molecule has 0 unspecified atom stereocenters. The minimum atomic E-state index is -0.716. The molecule has 78 valence electrons. The molecule has 0 aliphatic rings. The number of unbranched alkanes of at least 4 members (excludes halogenated alkanes) is 3. The number of aliphatic hydroxyl groups is 2. The van der Waals surface area contributed by atoms with E-state index in [2.05, 4.69) is 6.92 Å². The van der Waals surface area contributed by atoms with Gasteiger partial charge in [0, 0.05) is 0 Å². The van der Waals surface area contributed by atoms with E-state index in [1.807, 2.05) is 6.08 Å². The van der Waals surface area contributed by atoms with Crippen LogP contribution in [0.25, 0.3) is 0 Å². The number of aliphatic hydroxyl groups excluding tert-OH is 2. The van der Waals surface area contributed by atoms with Gasteiger partial charge in [-0.15, -0.1) is 0 Å². The van der Waals surface area contributed by atoms with Gasteiger partial charge in [-0.3, -0.25) is 0 Å². The SMILES string of the molecule is CCCCC/C=C/[C@@H](O)[C@@H](N)CO. The van der Waals surface area contributed by atoms with E-state index in [1.54, 1.807) is 6.08 Å². The van der Waals surface area contributed by atoms with Gasteiger partial charge >= 0.3 is 0 Å². The molecule has 0 aliphatic heterocycles. The molecular formula is C10H21NO2. The van der Waals surface area contributed by atoms with E-state index < -0.39 is 12.1 Å². The van der Waals surface area contributed by atoms with Crippen molar-refractivity contribution in [2.45, 2.75) is 44.8 Å². The predicted molar refractivity (Wildman–Crippen MR) is 54.4 cm³/mol. The summed E-state index contributed by atoms with van der Waals surface area (Å²) in [6.07, 6.45) is 7.41. The van der Waals surface area contributed by atoms with Crippen LogP contribution in [0.4, 0.5) is 0 Å². The van der Waals surface area contributed by atoms with Crippen LogP contribution in [0, 0.1) is 0 Å². The highest BCUT2D eigenvalue weighted by Gasteiger charge is 2.08. The number of hydrogen-bond acceptors (Lipinski definition) is 3. The average Bonchev–Trinajstić information content (AvgIpc) is 2.16. The number of rotatable bonds is 7. The van der Waals surface area contributed by atoms with E-state index in [0.717, 1.165) is 12.8 Å². The first-order valence-electron chi connectivity index (χ1n) is 4.93. The molecule has 0 aromatic heterocycles. The van der Waals surface area contributed by atoms with Gasteiger partial charge in [-0.05, 0) is 12.8 Å². The molecule has 0 saturated carbocycles. The molecule has 0 saturated heterocycles. The molecule has 0 spiro atoms.